The summed E-state index contributed by atoms with van der Waals surface area (Å²) in [5.74, 6) is 0.313. The van der Waals surface area contributed by atoms with Crippen molar-refractivity contribution in [3.8, 4) is 0 Å². The Morgan fingerprint density at radius 1 is 1.39 bits per heavy atom. The van der Waals surface area contributed by atoms with Gasteiger partial charge in [-0.3, -0.25) is 15.0 Å². The molecule has 0 aromatic heterocycles. The van der Waals surface area contributed by atoms with E-state index in [-0.39, 0.29) is 4.92 Å². The molecular formula is C14H18N2O2. The lowest BCUT2D eigenvalue weighted by Crippen LogP contribution is -2.34. The fraction of sp³-hybridized carbons (Fsp3) is 0.429. The van der Waals surface area contributed by atoms with Crippen LogP contribution in [0, 0.1) is 16.0 Å². The van der Waals surface area contributed by atoms with Crippen LogP contribution in [-0.4, -0.2) is 22.9 Å². The van der Waals surface area contributed by atoms with Gasteiger partial charge in [0.15, 0.2) is 0 Å². The van der Waals surface area contributed by atoms with E-state index in [9.17, 15) is 10.1 Å². The number of nitro groups is 1. The molecule has 4 nitrogen and oxygen atoms in total. The van der Waals surface area contributed by atoms with Crippen molar-refractivity contribution in [2.24, 2.45) is 5.92 Å². The van der Waals surface area contributed by atoms with Crippen LogP contribution < -0.4 is 0 Å². The molecule has 0 bridgehead atoms. The summed E-state index contributed by atoms with van der Waals surface area (Å²) >= 11 is 0. The zero-order chi connectivity index (χ0) is 12.8. The number of hydrogen-bond donors (Lipinski definition) is 0. The van der Waals surface area contributed by atoms with E-state index < -0.39 is 0 Å². The Morgan fingerprint density at radius 3 is 2.89 bits per heavy atom. The van der Waals surface area contributed by atoms with Crippen LogP contribution in [0.2, 0.25) is 0 Å². The van der Waals surface area contributed by atoms with Gasteiger partial charge in [0.25, 0.3) is 0 Å². The van der Waals surface area contributed by atoms with Crippen molar-refractivity contribution in [3.05, 3.63) is 58.3 Å². The predicted octanol–water partition coefficient (Wildman–Crippen LogP) is 2.69. The second-order valence-electron chi connectivity index (χ2n) is 4.75. The third kappa shape index (κ3) is 3.96. The normalized spacial score (nSPS) is 21.2. The fourth-order valence-corrected chi connectivity index (χ4v) is 2.43. The van der Waals surface area contributed by atoms with E-state index in [1.165, 1.54) is 5.56 Å². The minimum absolute atomic E-state index is 0.313. The van der Waals surface area contributed by atoms with Gasteiger partial charge in [0.1, 0.15) is 0 Å². The van der Waals surface area contributed by atoms with Gasteiger partial charge < -0.3 is 0 Å². The molecule has 1 fully saturated rings. The van der Waals surface area contributed by atoms with Gasteiger partial charge in [-0.05, 0) is 36.9 Å². The molecular weight excluding hydrogens is 228 g/mol. The molecule has 1 aromatic carbocycles. The summed E-state index contributed by atoms with van der Waals surface area (Å²) in [6.45, 7) is 2.93. The van der Waals surface area contributed by atoms with Crippen molar-refractivity contribution in [2.45, 2.75) is 19.4 Å². The molecule has 4 heteroatoms. The lowest BCUT2D eigenvalue weighted by Gasteiger charge is -2.30. The van der Waals surface area contributed by atoms with Crippen molar-refractivity contribution < 1.29 is 4.92 Å². The maximum absolute atomic E-state index is 10.3. The van der Waals surface area contributed by atoms with Crippen LogP contribution in [0.1, 0.15) is 18.4 Å². The van der Waals surface area contributed by atoms with E-state index in [4.69, 9.17) is 0 Å². The molecule has 0 amide bonds. The molecule has 0 spiro atoms. The summed E-state index contributed by atoms with van der Waals surface area (Å²) in [7, 11) is 0. The van der Waals surface area contributed by atoms with E-state index in [0.717, 1.165) is 38.7 Å². The number of hydrogen-bond acceptors (Lipinski definition) is 3. The van der Waals surface area contributed by atoms with E-state index in [1.54, 1.807) is 6.08 Å². The lowest BCUT2D eigenvalue weighted by molar-refractivity contribution is -0.402. The van der Waals surface area contributed by atoms with Crippen LogP contribution in [0.5, 0.6) is 0 Å². The molecule has 2 rings (SSSR count). The molecule has 0 radical (unpaired) electrons. The quantitative estimate of drug-likeness (QED) is 0.606. The molecule has 0 N–H and O–H groups in total. The van der Waals surface area contributed by atoms with Gasteiger partial charge in [0.05, 0.1) is 4.92 Å². The first-order valence-electron chi connectivity index (χ1n) is 6.32. The predicted molar refractivity (Wildman–Crippen MR) is 70.6 cm³/mol. The lowest BCUT2D eigenvalue weighted by atomic mass is 9.97. The summed E-state index contributed by atoms with van der Waals surface area (Å²) in [6, 6.07) is 10.3. The van der Waals surface area contributed by atoms with Crippen LogP contribution in [-0.2, 0) is 6.54 Å². The van der Waals surface area contributed by atoms with Crippen molar-refractivity contribution in [3.63, 3.8) is 0 Å². The zero-order valence-electron chi connectivity index (χ0n) is 10.4. The maximum atomic E-state index is 10.3. The van der Waals surface area contributed by atoms with Crippen LogP contribution in [0.25, 0.3) is 0 Å². The number of likely N-dealkylation sites (tertiary alicyclic amines) is 1. The topological polar surface area (TPSA) is 46.4 Å². The summed E-state index contributed by atoms with van der Waals surface area (Å²) in [5.41, 5.74) is 1.30. The highest BCUT2D eigenvalue weighted by Crippen LogP contribution is 2.19. The number of nitrogens with zero attached hydrogens (tertiary/aromatic N) is 2. The van der Waals surface area contributed by atoms with Crippen LogP contribution >= 0.6 is 0 Å². The molecule has 96 valence electrons. The van der Waals surface area contributed by atoms with E-state index in [2.05, 4.69) is 17.0 Å². The highest BCUT2D eigenvalue weighted by atomic mass is 16.6. The third-order valence-electron chi connectivity index (χ3n) is 3.27. The molecule has 1 aliphatic heterocycles. The summed E-state index contributed by atoms with van der Waals surface area (Å²) in [5, 5.41) is 10.3. The Kier molecular flexibility index (Phi) is 4.47. The second kappa shape index (κ2) is 6.31. The second-order valence-corrected chi connectivity index (χ2v) is 4.75. The SMILES string of the molecule is O=[N+]([O-])/C=C/C1CCCN(Cc2ccccc2)C1. The maximum Gasteiger partial charge on any atom is 0.230 e. The van der Waals surface area contributed by atoms with Gasteiger partial charge in [0, 0.05) is 13.1 Å². The van der Waals surface area contributed by atoms with Gasteiger partial charge in [-0.2, -0.15) is 0 Å². The van der Waals surface area contributed by atoms with Gasteiger partial charge in [0.2, 0.25) is 6.20 Å². The average Bonchev–Trinajstić information content (AvgIpc) is 2.38. The number of benzene rings is 1. The summed E-state index contributed by atoms with van der Waals surface area (Å²) in [4.78, 5) is 12.3. The standard InChI is InChI=1S/C14H18N2O2/c17-16(18)10-8-14-7-4-9-15(12-14)11-13-5-2-1-3-6-13/h1-3,5-6,8,10,14H,4,7,9,11-12H2/b10-8+. The molecule has 1 saturated heterocycles. The first-order chi connectivity index (χ1) is 8.74. The molecule has 1 aromatic rings. The highest BCUT2D eigenvalue weighted by Gasteiger charge is 2.18. The summed E-state index contributed by atoms with van der Waals surface area (Å²) < 4.78 is 0. The van der Waals surface area contributed by atoms with E-state index in [1.807, 2.05) is 18.2 Å². The average molecular weight is 246 g/mol. The molecule has 1 aliphatic rings. The molecule has 1 heterocycles. The van der Waals surface area contributed by atoms with Gasteiger partial charge >= 0.3 is 0 Å². The minimum atomic E-state index is -0.379. The van der Waals surface area contributed by atoms with Crippen molar-refractivity contribution >= 4 is 0 Å². The van der Waals surface area contributed by atoms with E-state index >= 15 is 0 Å². The minimum Gasteiger partial charge on any atom is -0.298 e. The van der Waals surface area contributed by atoms with Crippen molar-refractivity contribution in [1.82, 2.24) is 4.90 Å². The van der Waals surface area contributed by atoms with Crippen LogP contribution in [0.15, 0.2) is 42.6 Å². The van der Waals surface area contributed by atoms with Gasteiger partial charge in [-0.25, -0.2) is 0 Å². The Balaban J connectivity index is 1.89. The zero-order valence-corrected chi connectivity index (χ0v) is 10.4. The number of piperidine rings is 1. The Bertz CT molecular complexity index is 417. The van der Waals surface area contributed by atoms with Crippen molar-refractivity contribution in [2.75, 3.05) is 13.1 Å². The first-order valence-corrected chi connectivity index (χ1v) is 6.32. The number of rotatable bonds is 4. The highest BCUT2D eigenvalue weighted by molar-refractivity contribution is 5.14. The van der Waals surface area contributed by atoms with Crippen LogP contribution in [0.3, 0.4) is 0 Å². The van der Waals surface area contributed by atoms with Gasteiger partial charge in [-0.15, -0.1) is 0 Å². The molecule has 0 saturated carbocycles. The summed E-state index contributed by atoms with van der Waals surface area (Å²) in [6.07, 6.45) is 4.98. The molecule has 1 atom stereocenters. The fourth-order valence-electron chi connectivity index (χ4n) is 2.43. The van der Waals surface area contributed by atoms with Crippen LogP contribution in [0.4, 0.5) is 0 Å². The molecule has 0 aliphatic carbocycles. The van der Waals surface area contributed by atoms with Crippen molar-refractivity contribution in [1.29, 1.82) is 0 Å². The largest absolute Gasteiger partial charge is 0.298 e. The Labute approximate surface area is 107 Å². The van der Waals surface area contributed by atoms with E-state index in [0.29, 0.717) is 5.92 Å². The Morgan fingerprint density at radius 2 is 2.17 bits per heavy atom. The Hall–Kier alpha value is -1.68. The smallest absolute Gasteiger partial charge is 0.230 e. The molecule has 18 heavy (non-hydrogen) atoms. The molecule has 1 unspecified atom stereocenters. The third-order valence-corrected chi connectivity index (χ3v) is 3.27. The monoisotopic (exact) mass is 246 g/mol. The first kappa shape index (κ1) is 12.8. The van der Waals surface area contributed by atoms with Gasteiger partial charge in [-0.1, -0.05) is 30.3 Å².